The van der Waals surface area contributed by atoms with Crippen molar-refractivity contribution >= 4 is 34.5 Å². The van der Waals surface area contributed by atoms with Gasteiger partial charge >= 0.3 is 5.97 Å². The molecule has 0 unspecified atom stereocenters. The Balaban J connectivity index is 2.06. The standard InChI is InChI=1S/C21H15F3N2O3/c1-2-29-21(28)15(20(27)14-9-17(23)18(24)10-16(14)22)11-26-13-5-6-19-12(8-13)4-3-7-25-19/h3-11,27H,2H2,1H3/b20-15-,26-11?. The molecule has 0 radical (unpaired) electrons. The van der Waals surface area contributed by atoms with Crippen LogP contribution >= 0.6 is 0 Å². The van der Waals surface area contributed by atoms with Crippen LogP contribution in [0.25, 0.3) is 16.7 Å². The first-order valence-corrected chi connectivity index (χ1v) is 8.54. The fraction of sp³-hybridized carbons (Fsp3) is 0.0952. The number of aromatic nitrogens is 1. The molecule has 0 saturated heterocycles. The Bertz CT molecular complexity index is 1140. The Morgan fingerprint density at radius 3 is 2.66 bits per heavy atom. The number of benzene rings is 2. The summed E-state index contributed by atoms with van der Waals surface area (Å²) in [4.78, 5) is 20.5. The highest BCUT2D eigenvalue weighted by Crippen LogP contribution is 2.24. The van der Waals surface area contributed by atoms with E-state index >= 15 is 0 Å². The van der Waals surface area contributed by atoms with Crippen LogP contribution in [0.1, 0.15) is 12.5 Å². The Morgan fingerprint density at radius 1 is 1.14 bits per heavy atom. The van der Waals surface area contributed by atoms with Gasteiger partial charge in [0.25, 0.3) is 0 Å². The number of rotatable bonds is 5. The summed E-state index contributed by atoms with van der Waals surface area (Å²) in [6.45, 7) is 1.52. The lowest BCUT2D eigenvalue weighted by Crippen LogP contribution is -2.12. The molecule has 0 fully saturated rings. The van der Waals surface area contributed by atoms with Crippen LogP contribution in [0.4, 0.5) is 18.9 Å². The van der Waals surface area contributed by atoms with Gasteiger partial charge < -0.3 is 9.84 Å². The molecule has 29 heavy (non-hydrogen) atoms. The van der Waals surface area contributed by atoms with Gasteiger partial charge in [0, 0.05) is 23.9 Å². The average molecular weight is 400 g/mol. The van der Waals surface area contributed by atoms with Gasteiger partial charge in [0.2, 0.25) is 0 Å². The highest BCUT2D eigenvalue weighted by molar-refractivity contribution is 6.15. The molecular weight excluding hydrogens is 385 g/mol. The summed E-state index contributed by atoms with van der Waals surface area (Å²) in [7, 11) is 0. The van der Waals surface area contributed by atoms with Gasteiger partial charge in [-0.1, -0.05) is 6.07 Å². The van der Waals surface area contributed by atoms with Crippen LogP contribution in [-0.2, 0) is 9.53 Å². The Morgan fingerprint density at radius 2 is 1.90 bits per heavy atom. The van der Waals surface area contributed by atoms with Crippen molar-refractivity contribution in [3.8, 4) is 0 Å². The minimum absolute atomic E-state index is 0.0225. The number of aliphatic hydroxyl groups excluding tert-OH is 1. The molecule has 0 spiro atoms. The smallest absolute Gasteiger partial charge is 0.343 e. The second-order valence-electron chi connectivity index (χ2n) is 5.87. The Hall–Kier alpha value is -3.68. The second-order valence-corrected chi connectivity index (χ2v) is 5.87. The zero-order valence-corrected chi connectivity index (χ0v) is 15.2. The number of hydrogen-bond donors (Lipinski definition) is 1. The molecule has 2 aromatic carbocycles. The number of aliphatic imine (C=N–C) groups is 1. The molecule has 3 rings (SSSR count). The van der Waals surface area contributed by atoms with Crippen molar-refractivity contribution in [2.24, 2.45) is 4.99 Å². The van der Waals surface area contributed by atoms with Crippen molar-refractivity contribution in [2.45, 2.75) is 6.92 Å². The molecule has 1 N–H and O–H groups in total. The van der Waals surface area contributed by atoms with Gasteiger partial charge in [0.05, 0.1) is 23.4 Å². The van der Waals surface area contributed by atoms with E-state index < -0.39 is 40.3 Å². The maximum Gasteiger partial charge on any atom is 0.343 e. The predicted octanol–water partition coefficient (Wildman–Crippen LogP) is 4.89. The van der Waals surface area contributed by atoms with Gasteiger partial charge in [-0.15, -0.1) is 0 Å². The molecule has 148 valence electrons. The predicted molar refractivity (Wildman–Crippen MR) is 102 cm³/mol. The highest BCUT2D eigenvalue weighted by atomic mass is 19.2. The molecule has 0 aliphatic heterocycles. The number of fused-ring (bicyclic) bond motifs is 1. The van der Waals surface area contributed by atoms with E-state index in [0.717, 1.165) is 17.1 Å². The summed E-state index contributed by atoms with van der Waals surface area (Å²) >= 11 is 0. The molecule has 1 heterocycles. The summed E-state index contributed by atoms with van der Waals surface area (Å²) in [5.74, 6) is -5.97. The molecule has 0 amide bonds. The molecule has 0 saturated carbocycles. The third kappa shape index (κ3) is 4.43. The zero-order valence-electron chi connectivity index (χ0n) is 15.2. The minimum Gasteiger partial charge on any atom is -0.506 e. The van der Waals surface area contributed by atoms with E-state index in [4.69, 9.17) is 4.74 Å². The number of esters is 1. The summed E-state index contributed by atoms with van der Waals surface area (Å²) in [5.41, 5.74) is -0.0469. The van der Waals surface area contributed by atoms with Crippen LogP contribution in [-0.4, -0.2) is 28.9 Å². The van der Waals surface area contributed by atoms with E-state index in [1.54, 1.807) is 30.5 Å². The number of carbonyl (C=O) groups excluding carboxylic acids is 1. The number of ether oxygens (including phenoxy) is 1. The van der Waals surface area contributed by atoms with Crippen LogP contribution in [0.2, 0.25) is 0 Å². The van der Waals surface area contributed by atoms with Crippen molar-refractivity contribution in [1.82, 2.24) is 4.98 Å². The maximum atomic E-state index is 14.0. The van der Waals surface area contributed by atoms with Crippen molar-refractivity contribution in [3.63, 3.8) is 0 Å². The SMILES string of the molecule is CCOC(=O)/C(C=Nc1ccc2ncccc2c1)=C(\O)c1cc(F)c(F)cc1F. The van der Waals surface area contributed by atoms with E-state index in [1.165, 1.54) is 6.92 Å². The number of pyridine rings is 1. The average Bonchev–Trinajstić information content (AvgIpc) is 2.70. The number of aliphatic hydroxyl groups is 1. The maximum absolute atomic E-state index is 14.0. The third-order valence-electron chi connectivity index (χ3n) is 3.94. The first-order chi connectivity index (χ1) is 13.9. The number of carbonyl (C=O) groups is 1. The van der Waals surface area contributed by atoms with Gasteiger partial charge in [0.1, 0.15) is 17.1 Å². The largest absolute Gasteiger partial charge is 0.506 e. The fourth-order valence-electron chi connectivity index (χ4n) is 2.55. The summed E-state index contributed by atoms with van der Waals surface area (Å²) in [6, 6.07) is 9.33. The Kier molecular flexibility index (Phi) is 5.92. The molecule has 0 aliphatic rings. The lowest BCUT2D eigenvalue weighted by molar-refractivity contribution is -0.137. The molecule has 5 nitrogen and oxygen atoms in total. The van der Waals surface area contributed by atoms with Crippen LogP contribution in [0.3, 0.4) is 0 Å². The van der Waals surface area contributed by atoms with E-state index in [-0.39, 0.29) is 12.7 Å². The van der Waals surface area contributed by atoms with Gasteiger partial charge in [-0.3, -0.25) is 9.98 Å². The molecule has 0 aliphatic carbocycles. The van der Waals surface area contributed by atoms with Gasteiger partial charge in [-0.25, -0.2) is 18.0 Å². The van der Waals surface area contributed by atoms with Crippen LogP contribution < -0.4 is 0 Å². The lowest BCUT2D eigenvalue weighted by atomic mass is 10.1. The van der Waals surface area contributed by atoms with Gasteiger partial charge in [-0.05, 0) is 37.3 Å². The third-order valence-corrected chi connectivity index (χ3v) is 3.94. The lowest BCUT2D eigenvalue weighted by Gasteiger charge is -2.08. The zero-order chi connectivity index (χ0) is 21.0. The van der Waals surface area contributed by atoms with E-state index in [0.29, 0.717) is 11.8 Å². The Labute approximate surface area is 163 Å². The molecule has 0 bridgehead atoms. The van der Waals surface area contributed by atoms with Gasteiger partial charge in [-0.2, -0.15) is 0 Å². The normalized spacial score (nSPS) is 12.3. The molecular formula is C21H15F3N2O3. The molecule has 8 heteroatoms. The number of halogens is 3. The molecule has 3 aromatic rings. The van der Waals surface area contributed by atoms with Gasteiger partial charge in [0.15, 0.2) is 11.6 Å². The second kappa shape index (κ2) is 8.55. The summed E-state index contributed by atoms with van der Waals surface area (Å²) < 4.78 is 45.5. The van der Waals surface area contributed by atoms with E-state index in [2.05, 4.69) is 9.98 Å². The van der Waals surface area contributed by atoms with E-state index in [9.17, 15) is 23.1 Å². The van der Waals surface area contributed by atoms with E-state index in [1.807, 2.05) is 6.07 Å². The number of hydrogen-bond acceptors (Lipinski definition) is 5. The van der Waals surface area contributed by atoms with Crippen LogP contribution in [0.15, 0.2) is 59.2 Å². The minimum atomic E-state index is -1.42. The number of nitrogens with zero attached hydrogens (tertiary/aromatic N) is 2. The highest BCUT2D eigenvalue weighted by Gasteiger charge is 2.21. The van der Waals surface area contributed by atoms with Crippen molar-refractivity contribution in [2.75, 3.05) is 6.61 Å². The van der Waals surface area contributed by atoms with Crippen LogP contribution in [0, 0.1) is 17.5 Å². The van der Waals surface area contributed by atoms with Crippen LogP contribution in [0.5, 0.6) is 0 Å². The monoisotopic (exact) mass is 400 g/mol. The van der Waals surface area contributed by atoms with Crippen molar-refractivity contribution < 1.29 is 27.8 Å². The fourth-order valence-corrected chi connectivity index (χ4v) is 2.55. The topological polar surface area (TPSA) is 71.8 Å². The first-order valence-electron chi connectivity index (χ1n) is 8.54. The first kappa shape index (κ1) is 20.1. The molecule has 1 aromatic heterocycles. The molecule has 0 atom stereocenters. The summed E-state index contributed by atoms with van der Waals surface area (Å²) in [5, 5.41) is 11.2. The summed E-state index contributed by atoms with van der Waals surface area (Å²) in [6.07, 6.45) is 2.62. The quantitative estimate of drug-likeness (QED) is 0.218. The van der Waals surface area contributed by atoms with Crippen molar-refractivity contribution in [1.29, 1.82) is 0 Å². The van der Waals surface area contributed by atoms with Crippen molar-refractivity contribution in [3.05, 3.63) is 77.2 Å².